The van der Waals surface area contributed by atoms with Gasteiger partial charge in [0.2, 0.25) is 0 Å². The Labute approximate surface area is 93.6 Å². The van der Waals surface area contributed by atoms with Crippen LogP contribution in [0.1, 0.15) is 58.3 Å². The first kappa shape index (κ1) is 11.0. The van der Waals surface area contributed by atoms with Gasteiger partial charge in [-0.1, -0.05) is 13.3 Å². The molecule has 2 aliphatic rings. The standard InChI is InChI=1S/C13H24N2/c1-2-11-6-8-12(9-7-11)15-10-4-3-5-13(15)14/h11-12,14H,2-10H2,1H3. The van der Waals surface area contributed by atoms with Crippen LogP contribution in [0.2, 0.25) is 0 Å². The van der Waals surface area contributed by atoms with Gasteiger partial charge < -0.3 is 4.90 Å². The summed E-state index contributed by atoms with van der Waals surface area (Å²) in [5.41, 5.74) is 0. The molecule has 0 amide bonds. The predicted molar refractivity (Wildman–Crippen MR) is 64.3 cm³/mol. The summed E-state index contributed by atoms with van der Waals surface area (Å²) < 4.78 is 0. The molecule has 0 atom stereocenters. The molecule has 2 nitrogen and oxygen atoms in total. The number of hydrogen-bond acceptors (Lipinski definition) is 1. The van der Waals surface area contributed by atoms with Crippen molar-refractivity contribution in [3.8, 4) is 0 Å². The second kappa shape index (κ2) is 5.00. The summed E-state index contributed by atoms with van der Waals surface area (Å²) in [4.78, 5) is 2.40. The van der Waals surface area contributed by atoms with Gasteiger partial charge in [-0.25, -0.2) is 0 Å². The average Bonchev–Trinajstić information content (AvgIpc) is 2.30. The van der Waals surface area contributed by atoms with Crippen molar-refractivity contribution in [2.24, 2.45) is 5.92 Å². The highest BCUT2D eigenvalue weighted by molar-refractivity contribution is 5.80. The molecule has 86 valence electrons. The molecule has 2 fully saturated rings. The van der Waals surface area contributed by atoms with E-state index >= 15 is 0 Å². The van der Waals surface area contributed by atoms with E-state index in [1.54, 1.807) is 0 Å². The monoisotopic (exact) mass is 208 g/mol. The maximum atomic E-state index is 8.00. The highest BCUT2D eigenvalue weighted by atomic mass is 15.2. The van der Waals surface area contributed by atoms with Crippen LogP contribution in [0, 0.1) is 11.3 Å². The van der Waals surface area contributed by atoms with Gasteiger partial charge in [0.1, 0.15) is 0 Å². The maximum absolute atomic E-state index is 8.00. The third-order valence-corrected chi connectivity index (χ3v) is 4.24. The van der Waals surface area contributed by atoms with Crippen molar-refractivity contribution >= 4 is 5.84 Å². The Morgan fingerprint density at radius 3 is 2.53 bits per heavy atom. The topological polar surface area (TPSA) is 27.1 Å². The Morgan fingerprint density at radius 2 is 1.93 bits per heavy atom. The second-order valence-electron chi connectivity index (χ2n) is 5.18. The van der Waals surface area contributed by atoms with Gasteiger partial charge >= 0.3 is 0 Å². The molecule has 1 saturated heterocycles. The minimum atomic E-state index is 0.709. The van der Waals surface area contributed by atoms with Crippen LogP contribution in [-0.2, 0) is 0 Å². The molecule has 1 aliphatic carbocycles. The first-order valence-corrected chi connectivity index (χ1v) is 6.65. The molecule has 15 heavy (non-hydrogen) atoms. The molecule has 2 rings (SSSR count). The van der Waals surface area contributed by atoms with Crippen LogP contribution in [0.5, 0.6) is 0 Å². The number of piperidine rings is 1. The van der Waals surface area contributed by atoms with Crippen molar-refractivity contribution in [1.29, 1.82) is 5.41 Å². The summed E-state index contributed by atoms with van der Waals surface area (Å²) in [7, 11) is 0. The number of amidine groups is 1. The lowest BCUT2D eigenvalue weighted by Gasteiger charge is -2.40. The van der Waals surface area contributed by atoms with E-state index in [-0.39, 0.29) is 0 Å². The predicted octanol–water partition coefficient (Wildman–Crippen LogP) is 3.42. The van der Waals surface area contributed by atoms with Gasteiger partial charge in [0.05, 0.1) is 5.84 Å². The first-order valence-electron chi connectivity index (χ1n) is 6.65. The van der Waals surface area contributed by atoms with Crippen molar-refractivity contribution in [3.05, 3.63) is 0 Å². The fourth-order valence-corrected chi connectivity index (χ4v) is 3.12. The zero-order valence-electron chi connectivity index (χ0n) is 9.97. The van der Waals surface area contributed by atoms with Crippen LogP contribution >= 0.6 is 0 Å². The third-order valence-electron chi connectivity index (χ3n) is 4.24. The number of likely N-dealkylation sites (tertiary alicyclic amines) is 1. The maximum Gasteiger partial charge on any atom is 0.0960 e. The molecule has 2 heteroatoms. The summed E-state index contributed by atoms with van der Waals surface area (Å²) in [6.45, 7) is 3.47. The van der Waals surface area contributed by atoms with Crippen molar-refractivity contribution in [2.45, 2.75) is 64.3 Å². The number of rotatable bonds is 2. The van der Waals surface area contributed by atoms with Crippen molar-refractivity contribution in [1.82, 2.24) is 4.90 Å². The van der Waals surface area contributed by atoms with Gasteiger partial charge in [-0.2, -0.15) is 0 Å². The fraction of sp³-hybridized carbons (Fsp3) is 0.923. The van der Waals surface area contributed by atoms with Gasteiger partial charge in [0, 0.05) is 19.0 Å². The van der Waals surface area contributed by atoms with Gasteiger partial charge in [-0.05, 0) is 44.4 Å². The van der Waals surface area contributed by atoms with Gasteiger partial charge in [0.25, 0.3) is 0 Å². The lowest BCUT2D eigenvalue weighted by molar-refractivity contribution is 0.189. The summed E-state index contributed by atoms with van der Waals surface area (Å²) in [5, 5.41) is 8.00. The van der Waals surface area contributed by atoms with Crippen LogP contribution in [0.4, 0.5) is 0 Å². The molecule has 0 spiro atoms. The Bertz CT molecular complexity index is 217. The molecule has 0 aromatic heterocycles. The van der Waals surface area contributed by atoms with E-state index in [1.807, 2.05) is 0 Å². The third kappa shape index (κ3) is 2.53. The Morgan fingerprint density at radius 1 is 1.20 bits per heavy atom. The highest BCUT2D eigenvalue weighted by Gasteiger charge is 2.27. The lowest BCUT2D eigenvalue weighted by Crippen LogP contribution is -2.44. The average molecular weight is 208 g/mol. The Hall–Kier alpha value is -0.530. The number of nitrogens with one attached hydrogen (secondary N) is 1. The van der Waals surface area contributed by atoms with E-state index in [1.165, 1.54) is 44.9 Å². The van der Waals surface area contributed by atoms with E-state index < -0.39 is 0 Å². The van der Waals surface area contributed by atoms with Crippen LogP contribution < -0.4 is 0 Å². The first-order chi connectivity index (χ1) is 7.31. The van der Waals surface area contributed by atoms with E-state index in [0.29, 0.717) is 6.04 Å². The van der Waals surface area contributed by atoms with Gasteiger partial charge in [-0.3, -0.25) is 5.41 Å². The zero-order valence-corrected chi connectivity index (χ0v) is 9.97. The Kier molecular flexibility index (Phi) is 3.66. The normalized spacial score (nSPS) is 33.1. The van der Waals surface area contributed by atoms with Crippen molar-refractivity contribution < 1.29 is 0 Å². The largest absolute Gasteiger partial charge is 0.358 e. The smallest absolute Gasteiger partial charge is 0.0960 e. The quantitative estimate of drug-likeness (QED) is 0.739. The summed E-state index contributed by atoms with van der Waals surface area (Å²) in [6, 6.07) is 0.709. The van der Waals surface area contributed by atoms with Crippen LogP contribution in [-0.4, -0.2) is 23.3 Å². The van der Waals surface area contributed by atoms with Crippen LogP contribution in [0.3, 0.4) is 0 Å². The van der Waals surface area contributed by atoms with Gasteiger partial charge in [0.15, 0.2) is 0 Å². The van der Waals surface area contributed by atoms with Crippen molar-refractivity contribution in [3.63, 3.8) is 0 Å². The van der Waals surface area contributed by atoms with Crippen LogP contribution in [0.25, 0.3) is 0 Å². The molecule has 1 saturated carbocycles. The summed E-state index contributed by atoms with van der Waals surface area (Å²) >= 11 is 0. The van der Waals surface area contributed by atoms with Crippen LogP contribution in [0.15, 0.2) is 0 Å². The van der Waals surface area contributed by atoms with E-state index in [4.69, 9.17) is 5.41 Å². The molecule has 1 aliphatic heterocycles. The molecule has 1 N–H and O–H groups in total. The SMILES string of the molecule is CCC1CCC(N2CCCCC2=N)CC1. The van der Waals surface area contributed by atoms with E-state index in [0.717, 1.165) is 24.7 Å². The fourth-order valence-electron chi connectivity index (χ4n) is 3.12. The zero-order chi connectivity index (χ0) is 10.7. The Balaban J connectivity index is 1.86. The number of nitrogens with zero attached hydrogens (tertiary/aromatic N) is 1. The minimum absolute atomic E-state index is 0.709. The molecular weight excluding hydrogens is 184 g/mol. The molecule has 0 unspecified atom stereocenters. The summed E-state index contributed by atoms with van der Waals surface area (Å²) in [5.74, 6) is 1.89. The highest BCUT2D eigenvalue weighted by Crippen LogP contribution is 2.31. The molecule has 0 aromatic rings. The molecule has 0 radical (unpaired) electrons. The molecule has 0 aromatic carbocycles. The molecular formula is C13H24N2. The second-order valence-corrected chi connectivity index (χ2v) is 5.18. The van der Waals surface area contributed by atoms with E-state index in [2.05, 4.69) is 11.8 Å². The number of hydrogen-bond donors (Lipinski definition) is 1. The minimum Gasteiger partial charge on any atom is -0.358 e. The van der Waals surface area contributed by atoms with E-state index in [9.17, 15) is 0 Å². The summed E-state index contributed by atoms with van der Waals surface area (Å²) in [6.07, 6.45) is 10.4. The lowest BCUT2D eigenvalue weighted by atomic mass is 9.83. The molecule has 1 heterocycles. The molecule has 0 bridgehead atoms. The van der Waals surface area contributed by atoms with Gasteiger partial charge in [-0.15, -0.1) is 0 Å². The van der Waals surface area contributed by atoms with Crippen molar-refractivity contribution in [2.75, 3.05) is 6.54 Å².